The maximum absolute atomic E-state index is 12.2. The number of carbonyl (C=O) groups excluding carboxylic acids is 1. The Balaban J connectivity index is 2.16. The van der Waals surface area contributed by atoms with Crippen molar-refractivity contribution in [2.24, 2.45) is 5.92 Å². The minimum absolute atomic E-state index is 0.00575. The van der Waals surface area contributed by atoms with Gasteiger partial charge >= 0.3 is 0 Å². The summed E-state index contributed by atoms with van der Waals surface area (Å²) in [5.41, 5.74) is 1.00. The van der Waals surface area contributed by atoms with E-state index in [1.807, 2.05) is 13.8 Å². The smallest absolute Gasteiger partial charge is 0.241 e. The molecule has 2 atom stereocenters. The molecule has 19 heavy (non-hydrogen) atoms. The standard InChI is InChI=1S/C14H19NO3S/c1-10-3-6-12(7-4-10)19(17,18)15-13-9-11(2)5-8-14(13)16/h3-4,6-7,11,13,15H,5,8-9H2,1-2H3/t11?,13-/m0/s1. The fourth-order valence-corrected chi connectivity index (χ4v) is 3.53. The predicted octanol–water partition coefficient (Wildman–Crippen LogP) is 2.03. The maximum atomic E-state index is 12.2. The first-order valence-corrected chi connectivity index (χ1v) is 7.98. The second kappa shape index (κ2) is 5.43. The Morgan fingerprint density at radius 1 is 1.21 bits per heavy atom. The van der Waals surface area contributed by atoms with Crippen molar-refractivity contribution in [1.29, 1.82) is 0 Å². The molecule has 1 saturated carbocycles. The fourth-order valence-electron chi connectivity index (χ4n) is 2.30. The minimum atomic E-state index is -3.60. The summed E-state index contributed by atoms with van der Waals surface area (Å²) in [6, 6.07) is 6.05. The van der Waals surface area contributed by atoms with Crippen LogP contribution in [-0.4, -0.2) is 20.2 Å². The zero-order valence-electron chi connectivity index (χ0n) is 11.2. The number of ketones is 1. The van der Waals surface area contributed by atoms with E-state index < -0.39 is 16.1 Å². The zero-order valence-corrected chi connectivity index (χ0v) is 12.0. The summed E-state index contributed by atoms with van der Waals surface area (Å²) in [5.74, 6) is 0.372. The first-order valence-electron chi connectivity index (χ1n) is 6.50. The summed E-state index contributed by atoms with van der Waals surface area (Å²) in [4.78, 5) is 12.0. The Hall–Kier alpha value is -1.20. The molecule has 0 heterocycles. The van der Waals surface area contributed by atoms with Crippen molar-refractivity contribution < 1.29 is 13.2 Å². The Morgan fingerprint density at radius 3 is 2.47 bits per heavy atom. The van der Waals surface area contributed by atoms with Crippen LogP contribution >= 0.6 is 0 Å². The highest BCUT2D eigenvalue weighted by Gasteiger charge is 2.30. The molecule has 5 heteroatoms. The topological polar surface area (TPSA) is 63.2 Å². The zero-order chi connectivity index (χ0) is 14.0. The van der Waals surface area contributed by atoms with E-state index in [0.717, 1.165) is 12.0 Å². The monoisotopic (exact) mass is 281 g/mol. The summed E-state index contributed by atoms with van der Waals surface area (Å²) in [6.07, 6.45) is 1.90. The third-order valence-corrected chi connectivity index (χ3v) is 5.03. The number of sulfonamides is 1. The van der Waals surface area contributed by atoms with E-state index in [1.54, 1.807) is 24.3 Å². The molecule has 104 valence electrons. The molecule has 0 amide bonds. The van der Waals surface area contributed by atoms with Gasteiger partial charge in [0.25, 0.3) is 0 Å². The van der Waals surface area contributed by atoms with Gasteiger partial charge in [-0.2, -0.15) is 0 Å². The molecule has 0 radical (unpaired) electrons. The van der Waals surface area contributed by atoms with Crippen molar-refractivity contribution in [3.8, 4) is 0 Å². The lowest BCUT2D eigenvalue weighted by atomic mass is 9.87. The van der Waals surface area contributed by atoms with Gasteiger partial charge in [0.1, 0.15) is 0 Å². The van der Waals surface area contributed by atoms with Gasteiger partial charge in [0, 0.05) is 6.42 Å². The summed E-state index contributed by atoms with van der Waals surface area (Å²) in [5, 5.41) is 0. The van der Waals surface area contributed by atoms with Crippen molar-refractivity contribution in [3.63, 3.8) is 0 Å². The van der Waals surface area contributed by atoms with Gasteiger partial charge in [-0.25, -0.2) is 13.1 Å². The molecular formula is C14H19NO3S. The number of hydrogen-bond acceptors (Lipinski definition) is 3. The Labute approximate surface area is 114 Å². The molecule has 1 aromatic carbocycles. The van der Waals surface area contributed by atoms with Crippen LogP contribution in [0, 0.1) is 12.8 Å². The number of nitrogens with one attached hydrogen (secondary N) is 1. The van der Waals surface area contributed by atoms with Crippen LogP contribution in [0.3, 0.4) is 0 Å². The number of hydrogen-bond donors (Lipinski definition) is 1. The van der Waals surface area contributed by atoms with Crippen LogP contribution in [0.25, 0.3) is 0 Å². The molecular weight excluding hydrogens is 262 g/mol. The second-order valence-electron chi connectivity index (χ2n) is 5.33. The Kier molecular flexibility index (Phi) is 4.06. The van der Waals surface area contributed by atoms with Gasteiger partial charge in [-0.15, -0.1) is 0 Å². The normalized spacial score (nSPS) is 24.4. The number of Topliss-reactive ketones (excluding diaryl/α,β-unsaturated/α-hetero) is 1. The molecule has 1 unspecified atom stereocenters. The molecule has 0 bridgehead atoms. The molecule has 0 saturated heterocycles. The Morgan fingerprint density at radius 2 is 1.84 bits per heavy atom. The molecule has 0 spiro atoms. The van der Waals surface area contributed by atoms with Crippen molar-refractivity contribution in [2.45, 2.75) is 44.0 Å². The van der Waals surface area contributed by atoms with Crippen LogP contribution in [0.5, 0.6) is 0 Å². The van der Waals surface area contributed by atoms with Crippen LogP contribution in [-0.2, 0) is 14.8 Å². The minimum Gasteiger partial charge on any atom is -0.298 e. The molecule has 4 nitrogen and oxygen atoms in total. The van der Waals surface area contributed by atoms with E-state index in [0.29, 0.717) is 18.8 Å². The highest BCUT2D eigenvalue weighted by Crippen LogP contribution is 2.22. The predicted molar refractivity (Wildman–Crippen MR) is 73.3 cm³/mol. The molecule has 2 rings (SSSR count). The van der Waals surface area contributed by atoms with Gasteiger partial charge in [-0.1, -0.05) is 24.6 Å². The van der Waals surface area contributed by atoms with Crippen LogP contribution in [0.1, 0.15) is 31.7 Å². The van der Waals surface area contributed by atoms with Crippen LogP contribution in [0.15, 0.2) is 29.2 Å². The van der Waals surface area contributed by atoms with E-state index in [2.05, 4.69) is 4.72 Å². The van der Waals surface area contributed by atoms with Crippen molar-refractivity contribution >= 4 is 15.8 Å². The summed E-state index contributed by atoms with van der Waals surface area (Å²) >= 11 is 0. The Bertz CT molecular complexity index is 563. The van der Waals surface area contributed by atoms with Gasteiger partial charge < -0.3 is 0 Å². The lowest BCUT2D eigenvalue weighted by molar-refractivity contribution is -0.122. The van der Waals surface area contributed by atoms with E-state index in [-0.39, 0.29) is 10.7 Å². The molecule has 0 aliphatic heterocycles. The largest absolute Gasteiger partial charge is 0.298 e. The lowest BCUT2D eigenvalue weighted by Crippen LogP contribution is -2.44. The number of benzene rings is 1. The second-order valence-corrected chi connectivity index (χ2v) is 7.05. The molecule has 0 aromatic heterocycles. The average molecular weight is 281 g/mol. The summed E-state index contributed by atoms with van der Waals surface area (Å²) in [6.45, 7) is 3.94. The van der Waals surface area contributed by atoms with Crippen LogP contribution < -0.4 is 4.72 Å². The average Bonchev–Trinajstić information content (AvgIpc) is 2.34. The summed E-state index contributed by atoms with van der Waals surface area (Å²) < 4.78 is 26.9. The highest BCUT2D eigenvalue weighted by molar-refractivity contribution is 7.89. The van der Waals surface area contributed by atoms with Crippen molar-refractivity contribution in [2.75, 3.05) is 0 Å². The molecule has 1 N–H and O–H groups in total. The third-order valence-electron chi connectivity index (χ3n) is 3.54. The van der Waals surface area contributed by atoms with Gasteiger partial charge in [0.15, 0.2) is 5.78 Å². The number of aryl methyl sites for hydroxylation is 1. The highest BCUT2D eigenvalue weighted by atomic mass is 32.2. The summed E-state index contributed by atoms with van der Waals surface area (Å²) in [7, 11) is -3.60. The SMILES string of the molecule is Cc1ccc(S(=O)(=O)N[C@H]2CC(C)CCC2=O)cc1. The van der Waals surface area contributed by atoms with Crippen LogP contribution in [0.2, 0.25) is 0 Å². The van der Waals surface area contributed by atoms with Crippen LogP contribution in [0.4, 0.5) is 0 Å². The molecule has 1 aliphatic rings. The first kappa shape index (κ1) is 14.2. The number of rotatable bonds is 3. The fraction of sp³-hybridized carbons (Fsp3) is 0.500. The molecule has 1 aliphatic carbocycles. The van der Waals surface area contributed by atoms with Crippen molar-refractivity contribution in [1.82, 2.24) is 4.72 Å². The van der Waals surface area contributed by atoms with E-state index in [9.17, 15) is 13.2 Å². The van der Waals surface area contributed by atoms with E-state index in [1.165, 1.54) is 0 Å². The number of carbonyl (C=O) groups is 1. The maximum Gasteiger partial charge on any atom is 0.241 e. The third kappa shape index (κ3) is 3.42. The quantitative estimate of drug-likeness (QED) is 0.922. The van der Waals surface area contributed by atoms with E-state index in [4.69, 9.17) is 0 Å². The first-order chi connectivity index (χ1) is 8.88. The van der Waals surface area contributed by atoms with Gasteiger partial charge in [-0.05, 0) is 37.8 Å². The molecule has 1 fully saturated rings. The van der Waals surface area contributed by atoms with Gasteiger partial charge in [-0.3, -0.25) is 4.79 Å². The lowest BCUT2D eigenvalue weighted by Gasteiger charge is -2.26. The van der Waals surface area contributed by atoms with Crippen molar-refractivity contribution in [3.05, 3.63) is 29.8 Å². The van der Waals surface area contributed by atoms with Gasteiger partial charge in [0.05, 0.1) is 10.9 Å². The van der Waals surface area contributed by atoms with Gasteiger partial charge in [0.2, 0.25) is 10.0 Å². The van der Waals surface area contributed by atoms with E-state index >= 15 is 0 Å². The molecule has 1 aromatic rings.